The summed E-state index contributed by atoms with van der Waals surface area (Å²) in [6.45, 7) is 4.32. The number of esters is 1. The number of anilines is 1. The van der Waals surface area contributed by atoms with Gasteiger partial charge in [-0.3, -0.25) is 0 Å². The number of unbranched alkanes of at least 4 members (excludes halogenated alkanes) is 1. The molecule has 0 atom stereocenters. The van der Waals surface area contributed by atoms with Gasteiger partial charge in [-0.05, 0) is 43.5 Å². The van der Waals surface area contributed by atoms with Crippen LogP contribution in [0.5, 0.6) is 0 Å². The number of rotatable bonds is 9. The molecule has 0 bridgehead atoms. The average molecular weight is 318 g/mol. The summed E-state index contributed by atoms with van der Waals surface area (Å²) in [7, 11) is 0. The summed E-state index contributed by atoms with van der Waals surface area (Å²) in [5, 5.41) is 6.82. The highest BCUT2D eigenvalue weighted by Gasteiger charge is 2.12. The Bertz CT molecular complexity index is 453. The van der Waals surface area contributed by atoms with Crippen LogP contribution in [-0.4, -0.2) is 31.7 Å². The Labute approximate surface area is 140 Å². The average Bonchev–Trinajstić information content (AvgIpc) is 2.60. The van der Waals surface area contributed by atoms with Gasteiger partial charge in [0.2, 0.25) is 0 Å². The van der Waals surface area contributed by atoms with E-state index in [4.69, 9.17) is 4.74 Å². The van der Waals surface area contributed by atoms with Crippen molar-refractivity contribution < 1.29 is 9.53 Å². The van der Waals surface area contributed by atoms with Crippen LogP contribution in [0.15, 0.2) is 24.3 Å². The maximum atomic E-state index is 12.0. The van der Waals surface area contributed by atoms with Crippen molar-refractivity contribution in [2.24, 2.45) is 0 Å². The van der Waals surface area contributed by atoms with Gasteiger partial charge in [0.25, 0.3) is 0 Å². The SMILES string of the molecule is CCCCNc1ccc(C(=O)OCCNC2CCCCC2)cc1. The fourth-order valence-corrected chi connectivity index (χ4v) is 2.93. The summed E-state index contributed by atoms with van der Waals surface area (Å²) in [6.07, 6.45) is 8.81. The fourth-order valence-electron chi connectivity index (χ4n) is 2.93. The summed E-state index contributed by atoms with van der Waals surface area (Å²) in [4.78, 5) is 12.0. The minimum atomic E-state index is -0.240. The van der Waals surface area contributed by atoms with E-state index in [0.29, 0.717) is 18.2 Å². The normalized spacial score (nSPS) is 15.3. The van der Waals surface area contributed by atoms with Gasteiger partial charge in [0.05, 0.1) is 5.56 Å². The van der Waals surface area contributed by atoms with Gasteiger partial charge in [-0.1, -0.05) is 32.6 Å². The molecule has 2 N–H and O–H groups in total. The van der Waals surface area contributed by atoms with Crippen molar-refractivity contribution >= 4 is 11.7 Å². The second kappa shape index (κ2) is 10.3. The first-order valence-corrected chi connectivity index (χ1v) is 9.04. The van der Waals surface area contributed by atoms with Gasteiger partial charge in [-0.15, -0.1) is 0 Å². The van der Waals surface area contributed by atoms with Crippen LogP contribution in [0.4, 0.5) is 5.69 Å². The van der Waals surface area contributed by atoms with E-state index in [0.717, 1.165) is 25.2 Å². The van der Waals surface area contributed by atoms with E-state index in [1.54, 1.807) is 0 Å². The van der Waals surface area contributed by atoms with Crippen LogP contribution in [0.3, 0.4) is 0 Å². The van der Waals surface area contributed by atoms with Crippen LogP contribution >= 0.6 is 0 Å². The van der Waals surface area contributed by atoms with E-state index in [9.17, 15) is 4.79 Å². The Morgan fingerprint density at radius 3 is 2.57 bits per heavy atom. The van der Waals surface area contributed by atoms with Gasteiger partial charge in [-0.2, -0.15) is 0 Å². The van der Waals surface area contributed by atoms with E-state index in [1.165, 1.54) is 38.5 Å². The summed E-state index contributed by atoms with van der Waals surface area (Å²) in [6, 6.07) is 8.13. The first kappa shape index (κ1) is 17.8. The number of carbonyl (C=O) groups excluding carboxylic acids is 1. The standard InChI is InChI=1S/C19H30N2O2/c1-2-3-13-20-18-11-9-16(10-12-18)19(22)23-15-14-21-17-7-5-4-6-8-17/h9-12,17,20-21H,2-8,13-15H2,1H3. The summed E-state index contributed by atoms with van der Waals surface area (Å²) >= 11 is 0. The largest absolute Gasteiger partial charge is 0.461 e. The molecule has 0 aromatic heterocycles. The lowest BCUT2D eigenvalue weighted by Gasteiger charge is -2.22. The molecule has 23 heavy (non-hydrogen) atoms. The lowest BCUT2D eigenvalue weighted by Crippen LogP contribution is -2.33. The maximum absolute atomic E-state index is 12.0. The van der Waals surface area contributed by atoms with Gasteiger partial charge < -0.3 is 15.4 Å². The molecule has 1 aromatic rings. The Balaban J connectivity index is 1.64. The third-order valence-corrected chi connectivity index (χ3v) is 4.35. The van der Waals surface area contributed by atoms with E-state index >= 15 is 0 Å². The first-order chi connectivity index (χ1) is 11.3. The van der Waals surface area contributed by atoms with Crippen molar-refractivity contribution in [2.75, 3.05) is 25.0 Å². The molecule has 0 radical (unpaired) electrons. The monoisotopic (exact) mass is 318 g/mol. The highest BCUT2D eigenvalue weighted by molar-refractivity contribution is 5.89. The molecule has 1 saturated carbocycles. The van der Waals surface area contributed by atoms with Crippen LogP contribution in [-0.2, 0) is 4.74 Å². The molecule has 1 aliphatic carbocycles. The summed E-state index contributed by atoms with van der Waals surface area (Å²) in [5.74, 6) is -0.240. The van der Waals surface area contributed by atoms with E-state index in [1.807, 2.05) is 24.3 Å². The van der Waals surface area contributed by atoms with Gasteiger partial charge >= 0.3 is 5.97 Å². The Hall–Kier alpha value is -1.55. The molecule has 4 nitrogen and oxygen atoms in total. The van der Waals surface area contributed by atoms with Crippen molar-refractivity contribution in [3.63, 3.8) is 0 Å². The number of benzene rings is 1. The molecule has 1 fully saturated rings. The molecule has 0 aliphatic heterocycles. The zero-order chi connectivity index (χ0) is 16.3. The molecule has 0 spiro atoms. The van der Waals surface area contributed by atoms with E-state index < -0.39 is 0 Å². The molecule has 0 saturated heterocycles. The number of hydrogen-bond acceptors (Lipinski definition) is 4. The summed E-state index contributed by atoms with van der Waals surface area (Å²) in [5.41, 5.74) is 1.66. The van der Waals surface area contributed by atoms with Crippen molar-refractivity contribution in [3.8, 4) is 0 Å². The lowest BCUT2D eigenvalue weighted by atomic mass is 9.96. The molecule has 4 heteroatoms. The van der Waals surface area contributed by atoms with Crippen LogP contribution in [0, 0.1) is 0 Å². The molecular formula is C19H30N2O2. The van der Waals surface area contributed by atoms with Gasteiger partial charge in [-0.25, -0.2) is 4.79 Å². The van der Waals surface area contributed by atoms with Crippen LogP contribution in [0.1, 0.15) is 62.2 Å². The van der Waals surface area contributed by atoms with Gasteiger partial charge in [0.15, 0.2) is 0 Å². The lowest BCUT2D eigenvalue weighted by molar-refractivity contribution is 0.0504. The zero-order valence-corrected chi connectivity index (χ0v) is 14.3. The predicted molar refractivity (Wildman–Crippen MR) is 95.0 cm³/mol. The molecule has 0 amide bonds. The summed E-state index contributed by atoms with van der Waals surface area (Å²) < 4.78 is 5.34. The quantitative estimate of drug-likeness (QED) is 0.534. The van der Waals surface area contributed by atoms with Crippen molar-refractivity contribution in [1.82, 2.24) is 5.32 Å². The Kier molecular flexibility index (Phi) is 7.95. The smallest absolute Gasteiger partial charge is 0.338 e. The molecule has 0 unspecified atom stereocenters. The van der Waals surface area contributed by atoms with Crippen LogP contribution in [0.25, 0.3) is 0 Å². The van der Waals surface area contributed by atoms with Crippen molar-refractivity contribution in [3.05, 3.63) is 29.8 Å². The first-order valence-electron chi connectivity index (χ1n) is 9.04. The predicted octanol–water partition coefficient (Wildman–Crippen LogP) is 3.98. The number of ether oxygens (including phenoxy) is 1. The number of nitrogens with one attached hydrogen (secondary N) is 2. The topological polar surface area (TPSA) is 50.4 Å². The third kappa shape index (κ3) is 6.61. The number of hydrogen-bond donors (Lipinski definition) is 2. The molecule has 0 heterocycles. The second-order valence-corrected chi connectivity index (χ2v) is 6.28. The van der Waals surface area contributed by atoms with E-state index in [-0.39, 0.29) is 5.97 Å². The third-order valence-electron chi connectivity index (χ3n) is 4.35. The zero-order valence-electron chi connectivity index (χ0n) is 14.3. The minimum Gasteiger partial charge on any atom is -0.461 e. The second-order valence-electron chi connectivity index (χ2n) is 6.28. The fraction of sp³-hybridized carbons (Fsp3) is 0.632. The minimum absolute atomic E-state index is 0.240. The van der Waals surface area contributed by atoms with Crippen LogP contribution in [0.2, 0.25) is 0 Å². The highest BCUT2D eigenvalue weighted by Crippen LogP contribution is 2.17. The molecular weight excluding hydrogens is 288 g/mol. The highest BCUT2D eigenvalue weighted by atomic mass is 16.5. The van der Waals surface area contributed by atoms with Gasteiger partial charge in [0, 0.05) is 24.8 Å². The van der Waals surface area contributed by atoms with Crippen molar-refractivity contribution in [1.29, 1.82) is 0 Å². The maximum Gasteiger partial charge on any atom is 0.338 e. The van der Waals surface area contributed by atoms with Gasteiger partial charge in [0.1, 0.15) is 6.61 Å². The molecule has 1 aromatic carbocycles. The molecule has 1 aliphatic rings. The Morgan fingerprint density at radius 2 is 1.87 bits per heavy atom. The van der Waals surface area contributed by atoms with E-state index in [2.05, 4.69) is 17.6 Å². The molecule has 128 valence electrons. The van der Waals surface area contributed by atoms with Crippen LogP contribution < -0.4 is 10.6 Å². The van der Waals surface area contributed by atoms with Crippen molar-refractivity contribution in [2.45, 2.75) is 57.9 Å². The Morgan fingerprint density at radius 1 is 1.13 bits per heavy atom. The number of carbonyl (C=O) groups is 1. The molecule has 2 rings (SSSR count).